The largest absolute Gasteiger partial charge is 0.324 e. The molecule has 0 aliphatic carbocycles. The summed E-state index contributed by atoms with van der Waals surface area (Å²) in [6.07, 6.45) is 2.23. The maximum atomic E-state index is 6.32. The predicted octanol–water partition coefficient (Wildman–Crippen LogP) is 4.14. The quantitative estimate of drug-likeness (QED) is 0.789. The van der Waals surface area contributed by atoms with Crippen LogP contribution in [0.15, 0.2) is 18.2 Å². The molecule has 1 aromatic heterocycles. The number of nitrogens with zero attached hydrogens (tertiary/aromatic N) is 3. The lowest BCUT2D eigenvalue weighted by Crippen LogP contribution is -2.26. The molecule has 20 heavy (non-hydrogen) atoms. The van der Waals surface area contributed by atoms with E-state index < -0.39 is 0 Å². The summed E-state index contributed by atoms with van der Waals surface area (Å²) < 4.78 is 0. The van der Waals surface area contributed by atoms with Crippen LogP contribution in [0.25, 0.3) is 0 Å². The zero-order chi connectivity index (χ0) is 14.3. The van der Waals surface area contributed by atoms with Gasteiger partial charge >= 0.3 is 0 Å². The molecule has 1 aliphatic heterocycles. The maximum absolute atomic E-state index is 6.32. The summed E-state index contributed by atoms with van der Waals surface area (Å²) in [4.78, 5) is 11.2. The Balaban J connectivity index is 2.11. The maximum Gasteiger partial charge on any atom is 0.172 e. The molecule has 2 aromatic rings. The number of hydrogen-bond donors (Lipinski definition) is 0. The molecule has 0 spiro atoms. The van der Waals surface area contributed by atoms with Crippen LogP contribution >= 0.6 is 11.6 Å². The van der Waals surface area contributed by atoms with Gasteiger partial charge in [0.15, 0.2) is 11.0 Å². The van der Waals surface area contributed by atoms with Crippen molar-refractivity contribution >= 4 is 23.1 Å². The topological polar surface area (TPSA) is 29.0 Å². The van der Waals surface area contributed by atoms with E-state index in [1.807, 2.05) is 13.8 Å². The minimum absolute atomic E-state index is 0.488. The van der Waals surface area contributed by atoms with Gasteiger partial charge in [0.05, 0.1) is 11.4 Å². The number of fused-ring (bicyclic) bond motifs is 1. The molecule has 3 nitrogen and oxygen atoms in total. The van der Waals surface area contributed by atoms with Gasteiger partial charge in [0.25, 0.3) is 0 Å². The van der Waals surface area contributed by atoms with Gasteiger partial charge in [-0.05, 0) is 45.2 Å². The van der Waals surface area contributed by atoms with Gasteiger partial charge in [0.2, 0.25) is 0 Å². The van der Waals surface area contributed by atoms with Crippen molar-refractivity contribution in [2.24, 2.45) is 0 Å². The summed E-state index contributed by atoms with van der Waals surface area (Å²) in [5, 5.41) is 0.488. The molecule has 0 saturated heterocycles. The van der Waals surface area contributed by atoms with Gasteiger partial charge in [0, 0.05) is 12.2 Å². The lowest BCUT2D eigenvalue weighted by atomic mass is 10.00. The zero-order valence-corrected chi connectivity index (χ0v) is 12.8. The molecule has 1 aliphatic rings. The lowest BCUT2D eigenvalue weighted by Gasteiger charge is -2.31. The van der Waals surface area contributed by atoms with Crippen molar-refractivity contribution in [2.45, 2.75) is 33.6 Å². The fourth-order valence-electron chi connectivity index (χ4n) is 2.68. The van der Waals surface area contributed by atoms with Gasteiger partial charge in [-0.3, -0.25) is 0 Å². The van der Waals surface area contributed by atoms with Crippen LogP contribution < -0.4 is 4.90 Å². The summed E-state index contributed by atoms with van der Waals surface area (Å²) >= 11 is 6.32. The van der Waals surface area contributed by atoms with Crippen LogP contribution in [-0.4, -0.2) is 16.5 Å². The number of aromatic nitrogens is 2. The van der Waals surface area contributed by atoms with E-state index in [4.69, 9.17) is 11.6 Å². The second-order valence-corrected chi connectivity index (χ2v) is 5.75. The van der Waals surface area contributed by atoms with E-state index in [1.54, 1.807) is 0 Å². The lowest BCUT2D eigenvalue weighted by molar-refractivity contribution is 0.755. The van der Waals surface area contributed by atoms with Crippen molar-refractivity contribution < 1.29 is 0 Å². The SMILES string of the molecule is Cc1ccc2c(c1)CCCN2c1nc(C)c(C)nc1Cl. The Hall–Kier alpha value is -1.61. The molecule has 104 valence electrons. The van der Waals surface area contributed by atoms with Gasteiger partial charge in [-0.2, -0.15) is 0 Å². The van der Waals surface area contributed by atoms with Gasteiger partial charge in [-0.25, -0.2) is 9.97 Å². The first-order valence-corrected chi connectivity index (χ1v) is 7.32. The molecular formula is C16H18ClN3. The smallest absolute Gasteiger partial charge is 0.172 e. The third-order valence-electron chi connectivity index (χ3n) is 3.86. The van der Waals surface area contributed by atoms with Crippen molar-refractivity contribution in [3.63, 3.8) is 0 Å². The van der Waals surface area contributed by atoms with E-state index >= 15 is 0 Å². The summed E-state index contributed by atoms with van der Waals surface area (Å²) in [6.45, 7) is 6.97. The monoisotopic (exact) mass is 287 g/mol. The number of rotatable bonds is 1. The molecule has 0 fully saturated rings. The first-order valence-electron chi connectivity index (χ1n) is 6.94. The minimum Gasteiger partial charge on any atom is -0.324 e. The molecular weight excluding hydrogens is 270 g/mol. The van der Waals surface area contributed by atoms with Crippen molar-refractivity contribution in [2.75, 3.05) is 11.4 Å². The number of benzene rings is 1. The minimum atomic E-state index is 0.488. The Morgan fingerprint density at radius 2 is 1.85 bits per heavy atom. The van der Waals surface area contributed by atoms with Gasteiger partial charge in [-0.15, -0.1) is 0 Å². The standard InChI is InChI=1S/C16H18ClN3/c1-10-6-7-14-13(9-10)5-4-8-20(14)16-15(17)18-11(2)12(3)19-16/h6-7,9H,4-5,8H2,1-3H3. The Morgan fingerprint density at radius 1 is 1.10 bits per heavy atom. The van der Waals surface area contributed by atoms with Crippen LogP contribution in [0.5, 0.6) is 0 Å². The molecule has 0 radical (unpaired) electrons. The number of aryl methyl sites for hydroxylation is 4. The summed E-state index contributed by atoms with van der Waals surface area (Å²) in [7, 11) is 0. The number of halogens is 1. The van der Waals surface area contributed by atoms with E-state index in [0.29, 0.717) is 5.15 Å². The molecule has 0 bridgehead atoms. The van der Waals surface area contributed by atoms with E-state index in [1.165, 1.54) is 16.8 Å². The third-order valence-corrected chi connectivity index (χ3v) is 4.11. The molecule has 3 rings (SSSR count). The van der Waals surface area contributed by atoms with E-state index in [-0.39, 0.29) is 0 Å². The molecule has 0 atom stereocenters. The van der Waals surface area contributed by atoms with E-state index in [9.17, 15) is 0 Å². The van der Waals surface area contributed by atoms with E-state index in [0.717, 1.165) is 36.6 Å². The highest BCUT2D eigenvalue weighted by atomic mass is 35.5. The molecule has 0 saturated carbocycles. The van der Waals surface area contributed by atoms with Crippen LogP contribution in [-0.2, 0) is 6.42 Å². The molecule has 4 heteroatoms. The van der Waals surface area contributed by atoms with Gasteiger partial charge < -0.3 is 4.90 Å². The van der Waals surface area contributed by atoms with Gasteiger partial charge in [-0.1, -0.05) is 29.3 Å². The van der Waals surface area contributed by atoms with Crippen LogP contribution in [0, 0.1) is 20.8 Å². The molecule has 1 aromatic carbocycles. The molecule has 0 N–H and O–H groups in total. The Bertz CT molecular complexity index is 667. The van der Waals surface area contributed by atoms with Crippen LogP contribution in [0.1, 0.15) is 28.9 Å². The first-order chi connectivity index (χ1) is 9.56. The van der Waals surface area contributed by atoms with Crippen molar-refractivity contribution in [1.82, 2.24) is 9.97 Å². The number of hydrogen-bond acceptors (Lipinski definition) is 3. The van der Waals surface area contributed by atoms with Gasteiger partial charge in [0.1, 0.15) is 0 Å². The van der Waals surface area contributed by atoms with Crippen molar-refractivity contribution in [1.29, 1.82) is 0 Å². The fraction of sp³-hybridized carbons (Fsp3) is 0.375. The van der Waals surface area contributed by atoms with Crippen molar-refractivity contribution in [3.8, 4) is 0 Å². The fourth-order valence-corrected chi connectivity index (χ4v) is 2.95. The van der Waals surface area contributed by atoms with Crippen LogP contribution in [0.4, 0.5) is 11.5 Å². The third kappa shape index (κ3) is 2.27. The highest BCUT2D eigenvalue weighted by Gasteiger charge is 2.22. The normalized spacial score (nSPS) is 14.3. The van der Waals surface area contributed by atoms with Crippen molar-refractivity contribution in [3.05, 3.63) is 45.9 Å². The molecule has 0 unspecified atom stereocenters. The summed E-state index contributed by atoms with van der Waals surface area (Å²) in [6, 6.07) is 6.56. The summed E-state index contributed by atoms with van der Waals surface area (Å²) in [5.41, 5.74) is 5.69. The average molecular weight is 288 g/mol. The second kappa shape index (κ2) is 5.06. The summed E-state index contributed by atoms with van der Waals surface area (Å²) in [5.74, 6) is 0.777. The second-order valence-electron chi connectivity index (χ2n) is 5.40. The van der Waals surface area contributed by atoms with E-state index in [2.05, 4.69) is 40.0 Å². The molecule has 2 heterocycles. The molecule has 0 amide bonds. The number of anilines is 2. The zero-order valence-electron chi connectivity index (χ0n) is 12.1. The highest BCUT2D eigenvalue weighted by Crippen LogP contribution is 2.36. The first kappa shape index (κ1) is 13.4. The van der Waals surface area contributed by atoms with Crippen LogP contribution in [0.2, 0.25) is 5.15 Å². The van der Waals surface area contributed by atoms with Crippen LogP contribution in [0.3, 0.4) is 0 Å². The highest BCUT2D eigenvalue weighted by molar-refractivity contribution is 6.31. The average Bonchev–Trinajstić information content (AvgIpc) is 2.42. The Kier molecular flexibility index (Phi) is 3.38. The Morgan fingerprint density at radius 3 is 2.65 bits per heavy atom. The predicted molar refractivity (Wildman–Crippen MR) is 83.0 cm³/mol. The Labute approximate surface area is 124 Å².